The number of imidazole rings is 1. The van der Waals surface area contributed by atoms with Gasteiger partial charge in [-0.3, -0.25) is 14.4 Å². The van der Waals surface area contributed by atoms with E-state index in [0.717, 1.165) is 25.7 Å². The van der Waals surface area contributed by atoms with Crippen molar-refractivity contribution in [3.8, 4) is 12.3 Å². The van der Waals surface area contributed by atoms with Crippen LogP contribution >= 0.6 is 0 Å². The van der Waals surface area contributed by atoms with Gasteiger partial charge in [0.15, 0.2) is 28.7 Å². The summed E-state index contributed by atoms with van der Waals surface area (Å²) in [6, 6.07) is 0. The Balaban J connectivity index is 1.25. The molecule has 3 fully saturated rings. The van der Waals surface area contributed by atoms with Gasteiger partial charge in [0.1, 0.15) is 12.7 Å². The van der Waals surface area contributed by atoms with Gasteiger partial charge in [-0.05, 0) is 43.9 Å². The number of aliphatic hydroxyl groups is 1. The fraction of sp³-hybridized carbons (Fsp3) is 0.643. The molecule has 5 rings (SSSR count). The number of hydrogen-bond acceptors (Lipinski definition) is 10. The van der Waals surface area contributed by atoms with Gasteiger partial charge in [-0.15, -0.1) is 6.42 Å². The second-order valence-corrected chi connectivity index (χ2v) is 11.3. The van der Waals surface area contributed by atoms with E-state index >= 15 is 0 Å². The number of carbonyl (C=O) groups is 3. The molecule has 1 aliphatic heterocycles. The third-order valence-electron chi connectivity index (χ3n) is 8.84. The molecule has 3 aliphatic rings. The molecule has 3 atom stereocenters. The van der Waals surface area contributed by atoms with Gasteiger partial charge in [-0.1, -0.05) is 18.8 Å². The van der Waals surface area contributed by atoms with Crippen LogP contribution in [0.1, 0.15) is 64.2 Å². The molecule has 2 aliphatic carbocycles. The van der Waals surface area contributed by atoms with Crippen LogP contribution < -0.4 is 5.32 Å². The molecule has 12 nitrogen and oxygen atoms in total. The quantitative estimate of drug-likeness (QED) is 0.260. The van der Waals surface area contributed by atoms with Crippen molar-refractivity contribution < 1.29 is 38.1 Å². The first-order valence-electron chi connectivity index (χ1n) is 13.9. The van der Waals surface area contributed by atoms with Crippen molar-refractivity contribution >= 4 is 34.8 Å². The van der Waals surface area contributed by atoms with Crippen LogP contribution in [0.4, 0.5) is 10.2 Å². The molecule has 0 bridgehead atoms. The van der Waals surface area contributed by atoms with Crippen molar-refractivity contribution in [2.45, 2.75) is 88.6 Å². The highest BCUT2D eigenvalue weighted by Crippen LogP contribution is 2.50. The largest absolute Gasteiger partial charge is 0.461 e. The molecule has 0 radical (unpaired) electrons. The monoisotopic (exact) mass is 571 g/mol. The Labute approximate surface area is 236 Å². The SMILES string of the molecule is C#CC(COC(=O)C1CCC2(CCCC2)CC1)(OC)[C@@H](O)Cn1cnc2c(NC(=O)[C@H]3CCC(=O)O3)nc(F)nc21. The highest BCUT2D eigenvalue weighted by atomic mass is 19.1. The van der Waals surface area contributed by atoms with Gasteiger partial charge < -0.3 is 29.2 Å². The standard InChI is InChI=1S/C28H34FN5O7/c1-3-28(39-2,15-40-25(38)17-8-12-27(13-9-17)10-4-5-11-27)19(35)14-34-16-30-21-22(32-26(29)33-23(21)34)31-24(37)18-6-7-20(36)41-18/h1,16-19,35H,4-15H2,2H3,(H,31,32,33,37)/t18-,19+,28?/m1/s1. The van der Waals surface area contributed by atoms with Crippen molar-refractivity contribution in [2.75, 3.05) is 19.0 Å². The summed E-state index contributed by atoms with van der Waals surface area (Å²) in [7, 11) is 1.30. The zero-order valence-electron chi connectivity index (χ0n) is 22.9. The van der Waals surface area contributed by atoms with Gasteiger partial charge >= 0.3 is 18.0 Å². The highest BCUT2D eigenvalue weighted by molar-refractivity contribution is 6.00. The van der Waals surface area contributed by atoms with Crippen LogP contribution in [0.3, 0.4) is 0 Å². The molecule has 2 aromatic rings. The van der Waals surface area contributed by atoms with Crippen LogP contribution in [0, 0.1) is 29.8 Å². The van der Waals surface area contributed by atoms with E-state index in [4.69, 9.17) is 20.6 Å². The number of ether oxygens (including phenoxy) is 3. The summed E-state index contributed by atoms with van der Waals surface area (Å²) in [5.74, 6) is 0.446. The lowest BCUT2D eigenvalue weighted by Crippen LogP contribution is -2.50. The number of aliphatic hydroxyl groups excluding tert-OH is 1. The minimum absolute atomic E-state index is 0.0302. The molecule has 41 heavy (non-hydrogen) atoms. The van der Waals surface area contributed by atoms with E-state index in [0.29, 0.717) is 5.41 Å². The summed E-state index contributed by atoms with van der Waals surface area (Å²) in [5.41, 5.74) is -1.30. The summed E-state index contributed by atoms with van der Waals surface area (Å²) < 4.78 is 31.7. The maximum atomic E-state index is 14.4. The number of hydrogen-bond donors (Lipinski definition) is 2. The Morgan fingerprint density at radius 2 is 2.02 bits per heavy atom. The minimum atomic E-state index is -1.69. The molecule has 2 saturated carbocycles. The first-order chi connectivity index (χ1) is 19.7. The number of fused-ring (bicyclic) bond motifs is 1. The molecule has 220 valence electrons. The maximum absolute atomic E-state index is 14.4. The Morgan fingerprint density at radius 1 is 1.29 bits per heavy atom. The molecule has 3 heterocycles. The first-order valence-corrected chi connectivity index (χ1v) is 13.9. The summed E-state index contributed by atoms with van der Waals surface area (Å²) in [6.45, 7) is -0.624. The number of rotatable bonds is 9. The topological polar surface area (TPSA) is 155 Å². The molecule has 2 N–H and O–H groups in total. The summed E-state index contributed by atoms with van der Waals surface area (Å²) in [6.07, 6.45) is 12.3. The Hall–Kier alpha value is -3.63. The second-order valence-electron chi connectivity index (χ2n) is 11.3. The number of methoxy groups -OCH3 is 1. The van der Waals surface area contributed by atoms with Gasteiger partial charge in [-0.2, -0.15) is 14.4 Å². The maximum Gasteiger partial charge on any atom is 0.312 e. The van der Waals surface area contributed by atoms with E-state index in [1.54, 1.807) is 0 Å². The summed E-state index contributed by atoms with van der Waals surface area (Å²) >= 11 is 0. The zero-order valence-corrected chi connectivity index (χ0v) is 22.9. The van der Waals surface area contributed by atoms with Crippen LogP contribution in [0.25, 0.3) is 11.2 Å². The van der Waals surface area contributed by atoms with E-state index in [1.165, 1.54) is 43.7 Å². The highest BCUT2D eigenvalue weighted by Gasteiger charge is 2.42. The Bertz CT molecular complexity index is 1360. The lowest BCUT2D eigenvalue weighted by Gasteiger charge is -2.37. The number of halogens is 1. The number of terminal acetylenes is 1. The van der Waals surface area contributed by atoms with E-state index < -0.39 is 35.8 Å². The molecule has 1 amide bonds. The Morgan fingerprint density at radius 3 is 2.66 bits per heavy atom. The van der Waals surface area contributed by atoms with E-state index in [2.05, 4.69) is 26.2 Å². The molecular formula is C28H34FN5O7. The number of cyclic esters (lactones) is 1. The predicted molar refractivity (Wildman–Crippen MR) is 141 cm³/mol. The fourth-order valence-corrected chi connectivity index (χ4v) is 6.25. The molecule has 1 unspecified atom stereocenters. The number of carbonyl (C=O) groups excluding carboxylic acids is 3. The molecule has 1 spiro atoms. The van der Waals surface area contributed by atoms with Crippen molar-refractivity contribution in [1.82, 2.24) is 19.5 Å². The normalized spacial score (nSPS) is 22.7. The molecular weight excluding hydrogens is 537 g/mol. The van der Waals surface area contributed by atoms with Crippen molar-refractivity contribution in [2.24, 2.45) is 11.3 Å². The second kappa shape index (κ2) is 11.7. The molecule has 13 heteroatoms. The van der Waals surface area contributed by atoms with Crippen LogP contribution in [0.5, 0.6) is 0 Å². The zero-order chi connectivity index (χ0) is 29.2. The minimum Gasteiger partial charge on any atom is -0.461 e. The number of anilines is 1. The van der Waals surface area contributed by atoms with E-state index in [1.807, 2.05) is 0 Å². The first kappa shape index (κ1) is 28.9. The average molecular weight is 572 g/mol. The lowest BCUT2D eigenvalue weighted by atomic mass is 9.69. The number of nitrogens with zero attached hydrogens (tertiary/aromatic N) is 4. The van der Waals surface area contributed by atoms with E-state index in [-0.39, 0.29) is 54.9 Å². The van der Waals surface area contributed by atoms with Crippen LogP contribution in [0.2, 0.25) is 0 Å². The van der Waals surface area contributed by atoms with Crippen molar-refractivity contribution in [1.29, 1.82) is 0 Å². The van der Waals surface area contributed by atoms with Crippen LogP contribution in [-0.4, -0.2) is 74.0 Å². The molecule has 1 saturated heterocycles. The van der Waals surface area contributed by atoms with Gasteiger partial charge in [0.2, 0.25) is 0 Å². The number of aromatic nitrogens is 4. The average Bonchev–Trinajstić information content (AvgIpc) is 3.71. The smallest absolute Gasteiger partial charge is 0.312 e. The third kappa shape index (κ3) is 5.90. The van der Waals surface area contributed by atoms with Gasteiger partial charge in [0.05, 0.1) is 18.8 Å². The van der Waals surface area contributed by atoms with E-state index in [9.17, 15) is 23.9 Å². The van der Waals surface area contributed by atoms with Crippen LogP contribution in [-0.2, 0) is 35.1 Å². The van der Waals surface area contributed by atoms with Gasteiger partial charge in [0.25, 0.3) is 5.91 Å². The number of amides is 1. The van der Waals surface area contributed by atoms with Crippen molar-refractivity contribution in [3.05, 3.63) is 12.4 Å². The molecule has 2 aromatic heterocycles. The number of nitrogens with one attached hydrogen (secondary N) is 1. The summed E-state index contributed by atoms with van der Waals surface area (Å²) in [5, 5.41) is 13.6. The fourth-order valence-electron chi connectivity index (χ4n) is 6.25. The molecule has 0 aromatic carbocycles. The number of esters is 2. The van der Waals surface area contributed by atoms with Gasteiger partial charge in [0, 0.05) is 20.0 Å². The van der Waals surface area contributed by atoms with Gasteiger partial charge in [-0.25, -0.2) is 4.98 Å². The Kier molecular flexibility index (Phi) is 8.24. The lowest BCUT2D eigenvalue weighted by molar-refractivity contribution is -0.163. The summed E-state index contributed by atoms with van der Waals surface area (Å²) in [4.78, 5) is 48.3. The van der Waals surface area contributed by atoms with Crippen LogP contribution in [0.15, 0.2) is 6.33 Å². The predicted octanol–water partition coefficient (Wildman–Crippen LogP) is 2.28. The van der Waals surface area contributed by atoms with Crippen molar-refractivity contribution in [3.63, 3.8) is 0 Å². The third-order valence-corrected chi connectivity index (χ3v) is 8.84.